The number of halogens is 4. The number of esters is 4. The Balaban J connectivity index is 1.44. The minimum Gasteiger partial charge on any atom is -0.459 e. The van der Waals surface area contributed by atoms with E-state index in [1.807, 2.05) is 0 Å². The van der Waals surface area contributed by atoms with Gasteiger partial charge in [0.05, 0.1) is 28.4 Å². The second-order valence-corrected chi connectivity index (χ2v) is 18.4. The molecule has 0 radical (unpaired) electrons. The number of carbonyl (C=O) groups is 4. The van der Waals surface area contributed by atoms with E-state index in [0.717, 1.165) is 30.7 Å². The molecule has 2 fully saturated rings. The number of carbonyl (C=O) groups excluding carboxylic acids is 4. The molecule has 58 heavy (non-hydrogen) atoms. The van der Waals surface area contributed by atoms with Crippen molar-refractivity contribution in [1.82, 2.24) is 0 Å². The van der Waals surface area contributed by atoms with Crippen LogP contribution in [0.5, 0.6) is 0 Å². The number of hydrogen-bond donors (Lipinski definition) is 0. The van der Waals surface area contributed by atoms with Crippen LogP contribution in [0.1, 0.15) is 81.5 Å². The van der Waals surface area contributed by atoms with Crippen LogP contribution in [0.4, 0.5) is 0 Å². The zero-order valence-electron chi connectivity index (χ0n) is 31.9. The van der Waals surface area contributed by atoms with Gasteiger partial charge in [-0.3, -0.25) is 0 Å². The first-order valence-corrected chi connectivity index (χ1v) is 22.1. The van der Waals surface area contributed by atoms with Gasteiger partial charge in [0.2, 0.25) is 0 Å². The third-order valence-corrected chi connectivity index (χ3v) is 12.4. The van der Waals surface area contributed by atoms with Gasteiger partial charge >= 0.3 is 23.9 Å². The van der Waals surface area contributed by atoms with Crippen molar-refractivity contribution in [1.29, 1.82) is 0 Å². The summed E-state index contributed by atoms with van der Waals surface area (Å²) >= 11 is 13.6. The molecule has 4 aromatic rings. The summed E-state index contributed by atoms with van der Waals surface area (Å²) in [5.74, 6) is -2.28. The van der Waals surface area contributed by atoms with E-state index in [9.17, 15) is 19.2 Å². The first kappa shape index (κ1) is 44.2. The van der Waals surface area contributed by atoms with E-state index in [1.54, 1.807) is 97.1 Å². The van der Waals surface area contributed by atoms with Gasteiger partial charge in [-0.15, -0.1) is 0 Å². The van der Waals surface area contributed by atoms with Crippen molar-refractivity contribution in [3.63, 3.8) is 0 Å². The molecule has 0 aromatic heterocycles. The number of ether oxygens (including phenoxy) is 6. The maximum Gasteiger partial charge on any atom is 0.338 e. The Labute approximate surface area is 371 Å². The van der Waals surface area contributed by atoms with Gasteiger partial charge in [-0.2, -0.15) is 0 Å². The van der Waals surface area contributed by atoms with Crippen molar-refractivity contribution < 1.29 is 47.6 Å². The topological polar surface area (TPSA) is 124 Å². The Kier molecular flexibility index (Phi) is 15.4. The molecule has 0 unspecified atom stereocenters. The van der Waals surface area contributed by atoms with Gasteiger partial charge in [0, 0.05) is 17.9 Å². The molecule has 8 atom stereocenters. The molecule has 10 nitrogen and oxygen atoms in total. The second-order valence-electron chi connectivity index (χ2n) is 14.8. The highest BCUT2D eigenvalue weighted by Crippen LogP contribution is 2.39. The zero-order chi connectivity index (χ0) is 41.5. The molecule has 0 bridgehead atoms. The van der Waals surface area contributed by atoms with Crippen molar-refractivity contribution in [2.75, 3.05) is 6.61 Å². The van der Waals surface area contributed by atoms with E-state index >= 15 is 0 Å². The van der Waals surface area contributed by atoms with Crippen LogP contribution in [0.15, 0.2) is 115 Å². The third-order valence-electron chi connectivity index (χ3n) is 10.3. The summed E-state index contributed by atoms with van der Waals surface area (Å²) in [5, 5.41) is 0. The average molecular weight is 1050 g/mol. The van der Waals surface area contributed by atoms with E-state index in [1.165, 1.54) is 0 Å². The van der Waals surface area contributed by atoms with E-state index in [4.69, 9.17) is 28.4 Å². The lowest BCUT2D eigenvalue weighted by molar-refractivity contribution is -0.315. The Bertz CT molecular complexity index is 2040. The lowest BCUT2D eigenvalue weighted by Crippen LogP contribution is -2.64. The molecule has 1 aliphatic carbocycles. The fourth-order valence-electron chi connectivity index (χ4n) is 7.13. The molecule has 1 aliphatic heterocycles. The predicted octanol–water partition coefficient (Wildman–Crippen LogP) is 10.8. The lowest BCUT2D eigenvalue weighted by atomic mass is 9.75. The number of rotatable bonds is 12. The standard InChI is InChI=1S/C44H42Br4O10/c1-24(2)34-21-4-25(3)22-35(34)54-44-39(58-43(52)29-11-19-33(48)20-12-29)38(57-42(51)28-9-17-32(47)18-10-28)37(56-41(50)27-7-15-31(46)16-8-27)36(55-44)23-53-40(49)26-5-13-30(45)14-6-26/h5-20,24-25,34-39,44H,4,21-23H2,1-3H3/t25-,34+,35-,36+,37+,38-,39+,44+/m0/s1. The first-order valence-electron chi connectivity index (χ1n) is 18.9. The van der Waals surface area contributed by atoms with Crippen molar-refractivity contribution in [3.05, 3.63) is 137 Å². The second kappa shape index (κ2) is 20.2. The van der Waals surface area contributed by atoms with Crippen LogP contribution in [0.2, 0.25) is 0 Å². The molecule has 306 valence electrons. The average Bonchev–Trinajstić information content (AvgIpc) is 3.20. The van der Waals surface area contributed by atoms with Crippen molar-refractivity contribution >= 4 is 87.6 Å². The van der Waals surface area contributed by atoms with Crippen LogP contribution in [-0.2, 0) is 28.4 Å². The molecule has 6 rings (SSSR count). The van der Waals surface area contributed by atoms with E-state index in [2.05, 4.69) is 84.5 Å². The zero-order valence-corrected chi connectivity index (χ0v) is 38.2. The van der Waals surface area contributed by atoms with Crippen molar-refractivity contribution in [3.8, 4) is 0 Å². The molecule has 1 saturated heterocycles. The van der Waals surface area contributed by atoms with Crippen LogP contribution >= 0.6 is 63.7 Å². The summed E-state index contributed by atoms with van der Waals surface area (Å²) < 4.78 is 41.0. The van der Waals surface area contributed by atoms with Gasteiger partial charge in [0.15, 0.2) is 24.6 Å². The smallest absolute Gasteiger partial charge is 0.338 e. The van der Waals surface area contributed by atoms with Gasteiger partial charge in [0.25, 0.3) is 0 Å². The summed E-state index contributed by atoms with van der Waals surface area (Å²) in [6.45, 7) is 5.98. The van der Waals surface area contributed by atoms with Crippen LogP contribution in [0, 0.1) is 17.8 Å². The minimum absolute atomic E-state index is 0.132. The Morgan fingerprint density at radius 3 is 1.41 bits per heavy atom. The van der Waals surface area contributed by atoms with Gasteiger partial charge < -0.3 is 28.4 Å². The predicted molar refractivity (Wildman–Crippen MR) is 229 cm³/mol. The molecule has 1 heterocycles. The van der Waals surface area contributed by atoms with Gasteiger partial charge in [0.1, 0.15) is 12.7 Å². The molecule has 2 aliphatic rings. The largest absolute Gasteiger partial charge is 0.459 e. The summed E-state index contributed by atoms with van der Waals surface area (Å²) in [6, 6.07) is 26.2. The molecule has 0 N–H and O–H groups in total. The highest BCUT2D eigenvalue weighted by atomic mass is 79.9. The van der Waals surface area contributed by atoms with Crippen molar-refractivity contribution in [2.45, 2.75) is 76.8 Å². The Morgan fingerprint density at radius 2 is 0.983 bits per heavy atom. The van der Waals surface area contributed by atoms with Gasteiger partial charge in [-0.25, -0.2) is 19.2 Å². The number of benzene rings is 4. The molecule has 14 heteroatoms. The third kappa shape index (κ3) is 11.4. The minimum atomic E-state index is -1.51. The van der Waals surface area contributed by atoms with E-state index in [-0.39, 0.29) is 40.2 Å². The van der Waals surface area contributed by atoms with Gasteiger partial charge in [-0.05, 0) is 128 Å². The first-order chi connectivity index (χ1) is 27.7. The summed E-state index contributed by atoms with van der Waals surface area (Å²) in [5.41, 5.74) is 0.845. The van der Waals surface area contributed by atoms with Crippen LogP contribution in [-0.4, -0.2) is 67.3 Å². The summed E-state index contributed by atoms with van der Waals surface area (Å²) in [7, 11) is 0. The maximum atomic E-state index is 14.1. The lowest BCUT2D eigenvalue weighted by Gasteiger charge is -2.47. The summed E-state index contributed by atoms with van der Waals surface area (Å²) in [6.07, 6.45) is -4.75. The van der Waals surface area contributed by atoms with E-state index < -0.39 is 61.2 Å². The van der Waals surface area contributed by atoms with Crippen LogP contribution in [0.3, 0.4) is 0 Å². The van der Waals surface area contributed by atoms with Gasteiger partial charge in [-0.1, -0.05) is 90.9 Å². The fraction of sp³-hybridized carbons (Fsp3) is 0.364. The normalized spacial score (nSPS) is 24.4. The Morgan fingerprint density at radius 1 is 0.586 bits per heavy atom. The molecule has 4 aromatic carbocycles. The highest BCUT2D eigenvalue weighted by molar-refractivity contribution is 9.11. The van der Waals surface area contributed by atoms with Crippen LogP contribution in [0.25, 0.3) is 0 Å². The SMILES string of the molecule is CC(C)[C@H]1CC[C@H](C)C[C@@H]1O[C@@H]1O[C@H](COC(=O)c2ccc(Br)cc2)[C@@H](OC(=O)c2ccc(Br)cc2)[C@H](OC(=O)c2ccc(Br)cc2)[C@H]1OC(=O)c1ccc(Br)cc1. The molecule has 1 saturated carbocycles. The van der Waals surface area contributed by atoms with E-state index in [0.29, 0.717) is 12.3 Å². The summed E-state index contributed by atoms with van der Waals surface area (Å²) in [4.78, 5) is 55.4. The maximum absolute atomic E-state index is 14.1. The Hall–Kier alpha value is -3.40. The van der Waals surface area contributed by atoms with Crippen LogP contribution < -0.4 is 0 Å². The molecule has 0 spiro atoms. The molecular weight excluding hydrogens is 1010 g/mol. The molecular formula is C44H42Br4O10. The fourth-order valence-corrected chi connectivity index (χ4v) is 8.18. The number of hydrogen-bond acceptors (Lipinski definition) is 10. The quantitative estimate of drug-likeness (QED) is 0.100. The molecule has 0 amide bonds. The highest BCUT2D eigenvalue weighted by Gasteiger charge is 2.54. The van der Waals surface area contributed by atoms with Crippen molar-refractivity contribution in [2.24, 2.45) is 17.8 Å². The monoisotopic (exact) mass is 1050 g/mol.